The molecule has 1 aromatic carbocycles. The summed E-state index contributed by atoms with van der Waals surface area (Å²) >= 11 is 9.63. The van der Waals surface area contributed by atoms with Gasteiger partial charge in [-0.1, -0.05) is 29.8 Å². The monoisotopic (exact) mass is 550 g/mol. The number of carbonyl (C=O) groups excluding carboxylic acids is 1. The maximum Gasteiger partial charge on any atom is 0.246 e. The smallest absolute Gasteiger partial charge is 0.246 e. The largest absolute Gasteiger partial charge is 0.366 e. The number of nitrogens with one attached hydrogen (secondary N) is 1. The van der Waals surface area contributed by atoms with E-state index < -0.39 is 0 Å². The van der Waals surface area contributed by atoms with Crippen molar-refractivity contribution in [2.45, 2.75) is 25.3 Å². The lowest BCUT2D eigenvalue weighted by atomic mass is 9.94. The Bertz CT molecular complexity index is 1370. The summed E-state index contributed by atoms with van der Waals surface area (Å²) in [5, 5.41) is 8.59. The standard InChI is InChI=1S/C26H24BrClN6O/c27-22-16-31-34-24(30-15-19-5-2-10-29-14-19)13-23(32-26(22)34)20-6-3-11-33(17-20)25(35)9-8-18-4-1-7-21(28)12-18/h1-2,4-5,7-10,12-14,16,20,30H,3,6,11,15,17H2. The molecule has 9 heteroatoms. The van der Waals surface area contributed by atoms with Gasteiger partial charge >= 0.3 is 0 Å². The summed E-state index contributed by atoms with van der Waals surface area (Å²) in [7, 11) is 0. The third-order valence-electron chi connectivity index (χ3n) is 6.06. The molecule has 1 amide bonds. The molecule has 178 valence electrons. The molecule has 35 heavy (non-hydrogen) atoms. The quantitative estimate of drug-likeness (QED) is 0.317. The van der Waals surface area contributed by atoms with Gasteiger partial charge in [0.1, 0.15) is 5.82 Å². The second-order valence-corrected chi connectivity index (χ2v) is 9.81. The molecule has 4 heterocycles. The van der Waals surface area contributed by atoms with Crippen molar-refractivity contribution in [3.63, 3.8) is 0 Å². The Morgan fingerprint density at radius 2 is 2.14 bits per heavy atom. The van der Waals surface area contributed by atoms with E-state index in [-0.39, 0.29) is 11.8 Å². The molecule has 5 rings (SSSR count). The number of hydrogen-bond donors (Lipinski definition) is 1. The number of rotatable bonds is 6. The van der Waals surface area contributed by atoms with Crippen LogP contribution < -0.4 is 5.32 Å². The van der Waals surface area contributed by atoms with E-state index in [2.05, 4.69) is 31.3 Å². The summed E-state index contributed by atoms with van der Waals surface area (Å²) in [5.74, 6) is 0.984. The van der Waals surface area contributed by atoms with Crippen LogP contribution in [0.25, 0.3) is 11.7 Å². The lowest BCUT2D eigenvalue weighted by Crippen LogP contribution is -2.38. The number of nitrogens with zero attached hydrogens (tertiary/aromatic N) is 5. The highest BCUT2D eigenvalue weighted by molar-refractivity contribution is 9.10. The van der Waals surface area contributed by atoms with E-state index in [4.69, 9.17) is 16.6 Å². The molecule has 1 atom stereocenters. The zero-order valence-electron chi connectivity index (χ0n) is 18.9. The van der Waals surface area contributed by atoms with Crippen LogP contribution in [0, 0.1) is 0 Å². The molecule has 1 N–H and O–H groups in total. The molecule has 0 spiro atoms. The van der Waals surface area contributed by atoms with Crippen LogP contribution in [-0.4, -0.2) is 43.5 Å². The number of aromatic nitrogens is 4. The maximum absolute atomic E-state index is 12.9. The minimum atomic E-state index is -0.00351. The predicted octanol–water partition coefficient (Wildman–Crippen LogP) is 5.57. The SMILES string of the molecule is O=C(C=Cc1cccc(Cl)c1)N1CCCC(c2cc(NCc3cccnc3)n3ncc(Br)c3n2)C1. The second kappa shape index (κ2) is 10.6. The number of hydrogen-bond acceptors (Lipinski definition) is 5. The van der Waals surface area contributed by atoms with Crippen molar-refractivity contribution in [1.82, 2.24) is 24.5 Å². The molecular formula is C26H24BrClN6O. The van der Waals surface area contributed by atoms with Crippen LogP contribution in [0.5, 0.6) is 0 Å². The number of benzene rings is 1. The summed E-state index contributed by atoms with van der Waals surface area (Å²) in [5.41, 5.74) is 3.68. The van der Waals surface area contributed by atoms with Crippen LogP contribution in [0.3, 0.4) is 0 Å². The molecular weight excluding hydrogens is 528 g/mol. The minimum absolute atomic E-state index is 0.00351. The number of likely N-dealkylation sites (tertiary alicyclic amines) is 1. The Labute approximate surface area is 217 Å². The van der Waals surface area contributed by atoms with E-state index >= 15 is 0 Å². The fourth-order valence-corrected chi connectivity index (χ4v) is 4.83. The Hall–Kier alpha value is -3.23. The zero-order valence-corrected chi connectivity index (χ0v) is 21.3. The number of pyridine rings is 1. The van der Waals surface area contributed by atoms with Crippen molar-refractivity contribution in [2.75, 3.05) is 18.4 Å². The van der Waals surface area contributed by atoms with Crippen LogP contribution >= 0.6 is 27.5 Å². The average Bonchev–Trinajstić information content (AvgIpc) is 3.27. The Morgan fingerprint density at radius 1 is 1.23 bits per heavy atom. The number of carbonyl (C=O) groups is 1. The van der Waals surface area contributed by atoms with E-state index in [1.807, 2.05) is 59.6 Å². The first-order valence-electron chi connectivity index (χ1n) is 11.5. The predicted molar refractivity (Wildman–Crippen MR) is 141 cm³/mol. The van der Waals surface area contributed by atoms with Gasteiger partial charge in [-0.05, 0) is 64.2 Å². The van der Waals surface area contributed by atoms with Gasteiger partial charge in [0.05, 0.1) is 16.4 Å². The highest BCUT2D eigenvalue weighted by Crippen LogP contribution is 2.30. The van der Waals surface area contributed by atoms with Crippen molar-refractivity contribution in [3.8, 4) is 0 Å². The summed E-state index contributed by atoms with van der Waals surface area (Å²) in [6, 6.07) is 13.5. The Kier molecular flexibility index (Phi) is 7.11. The molecule has 1 saturated heterocycles. The number of amides is 1. The van der Waals surface area contributed by atoms with E-state index in [9.17, 15) is 4.79 Å². The molecule has 1 aliphatic heterocycles. The molecule has 1 aliphatic rings. The van der Waals surface area contributed by atoms with Crippen molar-refractivity contribution in [2.24, 2.45) is 0 Å². The first-order valence-corrected chi connectivity index (χ1v) is 12.6. The van der Waals surface area contributed by atoms with Crippen molar-refractivity contribution >= 4 is 51.0 Å². The van der Waals surface area contributed by atoms with Crippen molar-refractivity contribution in [1.29, 1.82) is 0 Å². The fourth-order valence-electron chi connectivity index (χ4n) is 4.29. The summed E-state index contributed by atoms with van der Waals surface area (Å²) in [4.78, 5) is 23.9. The van der Waals surface area contributed by atoms with E-state index in [1.54, 1.807) is 23.0 Å². The molecule has 0 bridgehead atoms. The third kappa shape index (κ3) is 5.55. The minimum Gasteiger partial charge on any atom is -0.366 e. The number of anilines is 1. The van der Waals surface area contributed by atoms with Gasteiger partial charge < -0.3 is 10.2 Å². The number of halogens is 2. The van der Waals surface area contributed by atoms with Gasteiger partial charge in [-0.25, -0.2) is 4.98 Å². The van der Waals surface area contributed by atoms with Crippen LogP contribution in [-0.2, 0) is 11.3 Å². The third-order valence-corrected chi connectivity index (χ3v) is 6.86. The van der Waals surface area contributed by atoms with Crippen molar-refractivity contribution < 1.29 is 4.79 Å². The van der Waals surface area contributed by atoms with Crippen LogP contribution in [0.4, 0.5) is 5.82 Å². The summed E-state index contributed by atoms with van der Waals surface area (Å²) < 4.78 is 2.63. The highest BCUT2D eigenvalue weighted by Gasteiger charge is 2.26. The van der Waals surface area contributed by atoms with Gasteiger partial charge in [0.2, 0.25) is 5.91 Å². The van der Waals surface area contributed by atoms with Gasteiger partial charge in [-0.3, -0.25) is 9.78 Å². The molecule has 0 aliphatic carbocycles. The van der Waals surface area contributed by atoms with Gasteiger partial charge in [0.25, 0.3) is 0 Å². The second-order valence-electron chi connectivity index (χ2n) is 8.52. The van der Waals surface area contributed by atoms with Crippen LogP contribution in [0.1, 0.15) is 35.6 Å². The van der Waals surface area contributed by atoms with Gasteiger partial charge in [-0.15, -0.1) is 0 Å². The van der Waals surface area contributed by atoms with E-state index in [0.29, 0.717) is 18.1 Å². The topological polar surface area (TPSA) is 75.4 Å². The average molecular weight is 552 g/mol. The molecule has 0 saturated carbocycles. The van der Waals surface area contributed by atoms with Gasteiger partial charge in [-0.2, -0.15) is 9.61 Å². The molecule has 3 aromatic heterocycles. The summed E-state index contributed by atoms with van der Waals surface area (Å²) in [6.45, 7) is 1.98. The Balaban J connectivity index is 1.35. The first kappa shape index (κ1) is 23.5. The van der Waals surface area contributed by atoms with Gasteiger partial charge in [0, 0.05) is 55.1 Å². The first-order chi connectivity index (χ1) is 17.1. The molecule has 1 fully saturated rings. The Morgan fingerprint density at radius 3 is 2.97 bits per heavy atom. The normalized spacial score (nSPS) is 16.2. The molecule has 0 radical (unpaired) electrons. The lowest BCUT2D eigenvalue weighted by molar-refractivity contribution is -0.127. The van der Waals surface area contributed by atoms with E-state index in [1.165, 1.54) is 0 Å². The highest BCUT2D eigenvalue weighted by atomic mass is 79.9. The lowest BCUT2D eigenvalue weighted by Gasteiger charge is -2.32. The van der Waals surface area contributed by atoms with E-state index in [0.717, 1.165) is 52.1 Å². The van der Waals surface area contributed by atoms with Crippen LogP contribution in [0.2, 0.25) is 5.02 Å². The molecule has 4 aromatic rings. The van der Waals surface area contributed by atoms with Crippen LogP contribution in [0.15, 0.2) is 71.6 Å². The fraction of sp³-hybridized carbons (Fsp3) is 0.231. The molecule has 1 unspecified atom stereocenters. The van der Waals surface area contributed by atoms with Gasteiger partial charge in [0.15, 0.2) is 5.65 Å². The van der Waals surface area contributed by atoms with Crippen molar-refractivity contribution in [3.05, 3.63) is 93.4 Å². The number of piperidine rings is 1. The zero-order chi connectivity index (χ0) is 24.2. The summed E-state index contributed by atoms with van der Waals surface area (Å²) in [6.07, 6.45) is 10.7. The molecule has 7 nitrogen and oxygen atoms in total. The number of fused-ring (bicyclic) bond motifs is 1. The maximum atomic E-state index is 12.9.